The summed E-state index contributed by atoms with van der Waals surface area (Å²) in [6, 6.07) is 3.33. The first-order valence-corrected chi connectivity index (χ1v) is 5.04. The van der Waals surface area contributed by atoms with Crippen LogP contribution in [0.1, 0.15) is 5.69 Å². The SMILES string of the molecule is Cn1ccn(Cc2cc(N)ccn2)c(=O)c1=O. The lowest BCUT2D eigenvalue weighted by Gasteiger charge is -2.05. The van der Waals surface area contributed by atoms with Crippen molar-refractivity contribution in [1.29, 1.82) is 0 Å². The molecule has 2 heterocycles. The van der Waals surface area contributed by atoms with E-state index in [-0.39, 0.29) is 6.54 Å². The number of rotatable bonds is 2. The number of aromatic nitrogens is 3. The second-order valence-electron chi connectivity index (χ2n) is 3.73. The zero-order valence-corrected chi connectivity index (χ0v) is 9.33. The zero-order valence-electron chi connectivity index (χ0n) is 9.33. The summed E-state index contributed by atoms with van der Waals surface area (Å²) < 4.78 is 2.55. The molecule has 0 spiro atoms. The van der Waals surface area contributed by atoms with Crippen molar-refractivity contribution in [1.82, 2.24) is 14.1 Å². The van der Waals surface area contributed by atoms with E-state index < -0.39 is 11.1 Å². The van der Waals surface area contributed by atoms with Gasteiger partial charge in [-0.05, 0) is 12.1 Å². The fraction of sp³-hybridized carbons (Fsp3) is 0.182. The predicted octanol–water partition coefficient (Wildman–Crippen LogP) is -0.428. The highest BCUT2D eigenvalue weighted by Crippen LogP contribution is 2.03. The van der Waals surface area contributed by atoms with Crippen molar-refractivity contribution >= 4 is 5.69 Å². The lowest BCUT2D eigenvalue weighted by molar-refractivity contribution is 0.684. The van der Waals surface area contributed by atoms with Gasteiger partial charge in [-0.2, -0.15) is 0 Å². The number of nitrogens with two attached hydrogens (primary N) is 1. The van der Waals surface area contributed by atoms with Crippen molar-refractivity contribution in [3.8, 4) is 0 Å². The molecule has 6 nitrogen and oxygen atoms in total. The topological polar surface area (TPSA) is 82.9 Å². The fourth-order valence-corrected chi connectivity index (χ4v) is 1.47. The van der Waals surface area contributed by atoms with Crippen molar-refractivity contribution < 1.29 is 0 Å². The number of hydrogen-bond acceptors (Lipinski definition) is 4. The Morgan fingerprint density at radius 3 is 2.76 bits per heavy atom. The van der Waals surface area contributed by atoms with Gasteiger partial charge in [-0.15, -0.1) is 0 Å². The van der Waals surface area contributed by atoms with Gasteiger partial charge in [0.25, 0.3) is 0 Å². The van der Waals surface area contributed by atoms with Gasteiger partial charge in [-0.3, -0.25) is 14.6 Å². The van der Waals surface area contributed by atoms with Gasteiger partial charge >= 0.3 is 11.1 Å². The van der Waals surface area contributed by atoms with Crippen LogP contribution in [0.25, 0.3) is 0 Å². The van der Waals surface area contributed by atoms with Crippen LogP contribution in [0.4, 0.5) is 5.69 Å². The molecule has 0 atom stereocenters. The Balaban J connectivity index is 2.41. The first-order valence-electron chi connectivity index (χ1n) is 5.04. The Morgan fingerprint density at radius 1 is 1.29 bits per heavy atom. The van der Waals surface area contributed by atoms with Gasteiger partial charge in [0.15, 0.2) is 0 Å². The Kier molecular flexibility index (Phi) is 2.78. The summed E-state index contributed by atoms with van der Waals surface area (Å²) in [6.45, 7) is 0.236. The standard InChI is InChI=1S/C11H12N4O2/c1-14-4-5-15(11(17)10(14)16)7-9-6-8(12)2-3-13-9/h2-6H,7H2,1H3,(H2,12,13). The molecule has 0 amide bonds. The van der Waals surface area contributed by atoms with Crippen molar-refractivity contribution in [3.05, 3.63) is 57.1 Å². The van der Waals surface area contributed by atoms with Gasteiger partial charge in [0.2, 0.25) is 0 Å². The molecule has 2 N–H and O–H groups in total. The minimum Gasteiger partial charge on any atom is -0.399 e. The molecule has 0 saturated heterocycles. The third-order valence-electron chi connectivity index (χ3n) is 2.41. The second-order valence-corrected chi connectivity index (χ2v) is 3.73. The van der Waals surface area contributed by atoms with E-state index in [0.29, 0.717) is 11.4 Å². The van der Waals surface area contributed by atoms with Gasteiger partial charge in [0, 0.05) is 31.3 Å². The number of aryl methyl sites for hydroxylation is 1. The highest BCUT2D eigenvalue weighted by molar-refractivity contribution is 5.37. The Labute approximate surface area is 97.0 Å². The summed E-state index contributed by atoms with van der Waals surface area (Å²) in [6.07, 6.45) is 4.65. The summed E-state index contributed by atoms with van der Waals surface area (Å²) in [4.78, 5) is 27.2. The molecule has 0 fully saturated rings. The molecule has 6 heteroatoms. The third-order valence-corrected chi connectivity index (χ3v) is 2.41. The number of hydrogen-bond donors (Lipinski definition) is 1. The summed E-state index contributed by atoms with van der Waals surface area (Å²) in [5.74, 6) is 0. The summed E-state index contributed by atoms with van der Waals surface area (Å²) in [7, 11) is 1.53. The number of nitrogens with zero attached hydrogens (tertiary/aromatic N) is 3. The van der Waals surface area contributed by atoms with Gasteiger partial charge in [-0.1, -0.05) is 0 Å². The molecule has 0 radical (unpaired) electrons. The van der Waals surface area contributed by atoms with E-state index in [9.17, 15) is 9.59 Å². The molecule has 0 aromatic carbocycles. The van der Waals surface area contributed by atoms with Crippen LogP contribution in [-0.4, -0.2) is 14.1 Å². The summed E-state index contributed by atoms with van der Waals surface area (Å²) in [5, 5.41) is 0. The van der Waals surface area contributed by atoms with Crippen LogP contribution in [0.5, 0.6) is 0 Å². The van der Waals surface area contributed by atoms with E-state index in [1.807, 2.05) is 0 Å². The highest BCUT2D eigenvalue weighted by Gasteiger charge is 2.03. The molecule has 0 aliphatic carbocycles. The van der Waals surface area contributed by atoms with Crippen LogP contribution >= 0.6 is 0 Å². The molecule has 88 valence electrons. The van der Waals surface area contributed by atoms with Gasteiger partial charge in [0.05, 0.1) is 12.2 Å². The smallest absolute Gasteiger partial charge is 0.316 e. The predicted molar refractivity (Wildman–Crippen MR) is 63.7 cm³/mol. The molecule has 17 heavy (non-hydrogen) atoms. The first kappa shape index (κ1) is 11.1. The number of anilines is 1. The molecule has 2 rings (SSSR count). The molecule has 2 aromatic heterocycles. The van der Waals surface area contributed by atoms with E-state index in [4.69, 9.17) is 5.73 Å². The minimum absolute atomic E-state index is 0.236. The summed E-state index contributed by atoms with van der Waals surface area (Å²) in [5.41, 5.74) is 5.70. The van der Waals surface area contributed by atoms with Crippen molar-refractivity contribution in [2.45, 2.75) is 6.54 Å². The quantitative estimate of drug-likeness (QED) is 0.712. The first-order chi connectivity index (χ1) is 8.08. The monoisotopic (exact) mass is 232 g/mol. The lowest BCUT2D eigenvalue weighted by atomic mass is 10.3. The molecule has 0 aliphatic heterocycles. The molecule has 0 aliphatic rings. The largest absolute Gasteiger partial charge is 0.399 e. The lowest BCUT2D eigenvalue weighted by Crippen LogP contribution is -2.39. The van der Waals surface area contributed by atoms with E-state index in [1.165, 1.54) is 22.4 Å². The zero-order chi connectivity index (χ0) is 12.4. The molecular weight excluding hydrogens is 220 g/mol. The number of nitrogen functional groups attached to an aromatic ring is 1. The average Bonchev–Trinajstić information content (AvgIpc) is 2.30. The maximum Gasteiger partial charge on any atom is 0.316 e. The van der Waals surface area contributed by atoms with Crippen LogP contribution in [0, 0.1) is 0 Å². The molecule has 2 aromatic rings. The maximum absolute atomic E-state index is 11.6. The maximum atomic E-state index is 11.6. The Morgan fingerprint density at radius 2 is 2.06 bits per heavy atom. The Hall–Kier alpha value is -2.37. The average molecular weight is 232 g/mol. The molecular formula is C11H12N4O2. The van der Waals surface area contributed by atoms with Crippen molar-refractivity contribution in [3.63, 3.8) is 0 Å². The van der Waals surface area contributed by atoms with Crippen molar-refractivity contribution in [2.75, 3.05) is 5.73 Å². The van der Waals surface area contributed by atoms with E-state index in [2.05, 4.69) is 4.98 Å². The highest BCUT2D eigenvalue weighted by atomic mass is 16.2. The summed E-state index contributed by atoms with van der Waals surface area (Å²) >= 11 is 0. The van der Waals surface area contributed by atoms with Gasteiger partial charge in [0.1, 0.15) is 0 Å². The molecule has 0 unspecified atom stereocenters. The van der Waals surface area contributed by atoms with Crippen LogP contribution in [0.2, 0.25) is 0 Å². The van der Waals surface area contributed by atoms with E-state index in [0.717, 1.165) is 0 Å². The van der Waals surface area contributed by atoms with Crippen LogP contribution < -0.4 is 16.9 Å². The van der Waals surface area contributed by atoms with E-state index in [1.54, 1.807) is 24.5 Å². The van der Waals surface area contributed by atoms with Crippen LogP contribution in [0.15, 0.2) is 40.3 Å². The third kappa shape index (κ3) is 2.25. The number of pyridine rings is 1. The Bertz CT molecular complexity index is 657. The van der Waals surface area contributed by atoms with Gasteiger partial charge in [-0.25, -0.2) is 0 Å². The van der Waals surface area contributed by atoms with Crippen LogP contribution in [-0.2, 0) is 13.6 Å². The van der Waals surface area contributed by atoms with Crippen LogP contribution in [0.3, 0.4) is 0 Å². The van der Waals surface area contributed by atoms with Crippen molar-refractivity contribution in [2.24, 2.45) is 7.05 Å². The fourth-order valence-electron chi connectivity index (χ4n) is 1.47. The van der Waals surface area contributed by atoms with Gasteiger partial charge < -0.3 is 14.9 Å². The molecule has 0 bridgehead atoms. The van der Waals surface area contributed by atoms with E-state index >= 15 is 0 Å². The second kappa shape index (κ2) is 4.25. The molecule has 0 saturated carbocycles. The normalized spacial score (nSPS) is 10.4. The minimum atomic E-state index is -0.570.